The molecule has 266 valence electrons. The summed E-state index contributed by atoms with van der Waals surface area (Å²) >= 11 is 4.43. The van der Waals surface area contributed by atoms with Gasteiger partial charge in [-0.25, -0.2) is 0 Å². The van der Waals surface area contributed by atoms with Gasteiger partial charge in [-0.05, 0) is 86.5 Å². The highest BCUT2D eigenvalue weighted by Crippen LogP contribution is 2.21. The van der Waals surface area contributed by atoms with Crippen molar-refractivity contribution >= 4 is 23.5 Å². The van der Waals surface area contributed by atoms with Crippen molar-refractivity contribution in [3.63, 3.8) is 0 Å². The van der Waals surface area contributed by atoms with Crippen LogP contribution in [-0.2, 0) is 0 Å². The van der Waals surface area contributed by atoms with Crippen molar-refractivity contribution in [1.29, 1.82) is 0 Å². The van der Waals surface area contributed by atoms with Gasteiger partial charge >= 0.3 is 0 Å². The molecular formula is C40H83NOS2. The van der Waals surface area contributed by atoms with E-state index in [2.05, 4.69) is 56.1 Å². The molecule has 0 aliphatic carbocycles. The highest BCUT2D eigenvalue weighted by Gasteiger charge is 2.07. The predicted octanol–water partition coefficient (Wildman–Crippen LogP) is 13.2. The third-order valence-corrected chi connectivity index (χ3v) is 12.3. The van der Waals surface area contributed by atoms with Crippen molar-refractivity contribution in [3.8, 4) is 0 Å². The van der Waals surface area contributed by atoms with Crippen LogP contribution in [-0.4, -0.2) is 59.3 Å². The molecule has 2 nitrogen and oxygen atoms in total. The van der Waals surface area contributed by atoms with Crippen molar-refractivity contribution < 1.29 is 5.11 Å². The molecular weight excluding hydrogens is 575 g/mol. The summed E-state index contributed by atoms with van der Waals surface area (Å²) in [6.45, 7) is 12.9. The van der Waals surface area contributed by atoms with Gasteiger partial charge in [0.25, 0.3) is 0 Å². The lowest BCUT2D eigenvalue weighted by Crippen LogP contribution is -2.29. The van der Waals surface area contributed by atoms with Crippen LogP contribution in [0, 0.1) is 11.8 Å². The minimum atomic E-state index is 0.313. The third-order valence-electron chi connectivity index (χ3n) is 9.74. The summed E-state index contributed by atoms with van der Waals surface area (Å²) in [4.78, 5) is 2.52. The van der Waals surface area contributed by atoms with Crippen LogP contribution in [0.2, 0.25) is 0 Å². The van der Waals surface area contributed by atoms with E-state index in [-0.39, 0.29) is 0 Å². The Morgan fingerprint density at radius 2 is 0.773 bits per heavy atom. The third kappa shape index (κ3) is 32.6. The Labute approximate surface area is 288 Å². The monoisotopic (exact) mass is 658 g/mol. The summed E-state index contributed by atoms with van der Waals surface area (Å²) in [5, 5.41) is 9.51. The molecule has 0 saturated heterocycles. The number of thioether (sulfide) groups is 2. The standard InChI is InChI=1S/C40H83NOS2/c1-5-9-29-39(7-3)37-43-35-27-23-19-15-11-13-17-21-25-31-41(33-34-42)32-26-22-18-14-12-16-20-24-28-36-44-38-40(8-4)30-10-6-2/h39-40,42H,5-38H2,1-4H3. The fraction of sp³-hybridized carbons (Fsp3) is 1.00. The normalized spacial score (nSPS) is 13.2. The smallest absolute Gasteiger partial charge is 0.0558 e. The molecule has 0 aliphatic rings. The van der Waals surface area contributed by atoms with Crippen LogP contribution in [0.5, 0.6) is 0 Å². The molecule has 2 atom stereocenters. The minimum absolute atomic E-state index is 0.313. The van der Waals surface area contributed by atoms with Crippen molar-refractivity contribution in [2.75, 3.05) is 49.3 Å². The first-order valence-electron chi connectivity index (χ1n) is 20.2. The Hall–Kier alpha value is 0.620. The first kappa shape index (κ1) is 44.6. The Kier molecular flexibility index (Phi) is 38.6. The van der Waals surface area contributed by atoms with E-state index in [1.54, 1.807) is 0 Å². The maximum atomic E-state index is 9.51. The molecule has 44 heavy (non-hydrogen) atoms. The number of aliphatic hydroxyl groups excluding tert-OH is 1. The van der Waals surface area contributed by atoms with Crippen molar-refractivity contribution in [1.82, 2.24) is 4.90 Å². The summed E-state index contributed by atoms with van der Waals surface area (Å²) < 4.78 is 0. The summed E-state index contributed by atoms with van der Waals surface area (Å²) in [5.74, 6) is 7.47. The second kappa shape index (κ2) is 38.1. The van der Waals surface area contributed by atoms with E-state index in [1.165, 1.54) is 203 Å². The molecule has 0 aromatic heterocycles. The van der Waals surface area contributed by atoms with Crippen molar-refractivity contribution in [2.45, 2.75) is 195 Å². The Morgan fingerprint density at radius 1 is 0.432 bits per heavy atom. The van der Waals surface area contributed by atoms with E-state index in [0.29, 0.717) is 6.61 Å². The Bertz CT molecular complexity index is 478. The maximum absolute atomic E-state index is 9.51. The number of rotatable bonds is 38. The molecule has 4 heteroatoms. The van der Waals surface area contributed by atoms with Crippen LogP contribution in [0.15, 0.2) is 0 Å². The van der Waals surface area contributed by atoms with Crippen molar-refractivity contribution in [2.24, 2.45) is 11.8 Å². The zero-order chi connectivity index (χ0) is 32.2. The van der Waals surface area contributed by atoms with E-state index in [4.69, 9.17) is 0 Å². The Balaban J connectivity index is 3.48. The van der Waals surface area contributed by atoms with E-state index in [9.17, 15) is 5.11 Å². The molecule has 1 N–H and O–H groups in total. The predicted molar refractivity (Wildman–Crippen MR) is 208 cm³/mol. The van der Waals surface area contributed by atoms with Gasteiger partial charge in [-0.1, -0.05) is 156 Å². The quantitative estimate of drug-likeness (QED) is 0.0667. The van der Waals surface area contributed by atoms with Crippen LogP contribution in [0.3, 0.4) is 0 Å². The molecule has 0 heterocycles. The average molecular weight is 658 g/mol. The second-order valence-corrected chi connectivity index (χ2v) is 16.2. The molecule has 0 fully saturated rings. The highest BCUT2D eigenvalue weighted by atomic mass is 32.2. The molecule has 0 rings (SSSR count). The molecule has 0 radical (unpaired) electrons. The minimum Gasteiger partial charge on any atom is -0.395 e. The first-order chi connectivity index (χ1) is 21.7. The van der Waals surface area contributed by atoms with Crippen LogP contribution in [0.25, 0.3) is 0 Å². The maximum Gasteiger partial charge on any atom is 0.0558 e. The van der Waals surface area contributed by atoms with E-state index >= 15 is 0 Å². The zero-order valence-corrected chi connectivity index (χ0v) is 32.5. The van der Waals surface area contributed by atoms with Crippen molar-refractivity contribution in [3.05, 3.63) is 0 Å². The molecule has 0 aromatic rings. The molecule has 0 aromatic carbocycles. The molecule has 0 bridgehead atoms. The lowest BCUT2D eigenvalue weighted by molar-refractivity contribution is 0.190. The van der Waals surface area contributed by atoms with Gasteiger partial charge in [0.15, 0.2) is 0 Å². The van der Waals surface area contributed by atoms with Gasteiger partial charge in [0.05, 0.1) is 6.61 Å². The number of aliphatic hydroxyl groups is 1. The molecule has 0 spiro atoms. The summed E-state index contributed by atoms with van der Waals surface area (Å²) in [6, 6.07) is 0. The van der Waals surface area contributed by atoms with Gasteiger partial charge in [-0.2, -0.15) is 23.5 Å². The molecule has 2 unspecified atom stereocenters. The van der Waals surface area contributed by atoms with Gasteiger partial charge in [0, 0.05) is 6.54 Å². The molecule has 0 amide bonds. The molecule has 0 saturated carbocycles. The number of hydrogen-bond donors (Lipinski definition) is 1. The van der Waals surface area contributed by atoms with Crippen LogP contribution in [0.4, 0.5) is 0 Å². The van der Waals surface area contributed by atoms with E-state index in [0.717, 1.165) is 18.4 Å². The van der Waals surface area contributed by atoms with Gasteiger partial charge in [0.1, 0.15) is 0 Å². The number of unbranched alkanes of at least 4 members (excludes halogenated alkanes) is 18. The topological polar surface area (TPSA) is 23.5 Å². The fourth-order valence-corrected chi connectivity index (χ4v) is 8.95. The van der Waals surface area contributed by atoms with Gasteiger partial charge < -0.3 is 10.0 Å². The summed E-state index contributed by atoms with van der Waals surface area (Å²) in [6.07, 6.45) is 36.5. The van der Waals surface area contributed by atoms with Gasteiger partial charge in [-0.3, -0.25) is 0 Å². The zero-order valence-electron chi connectivity index (χ0n) is 30.9. The average Bonchev–Trinajstić information content (AvgIpc) is 3.04. The molecule has 0 aliphatic heterocycles. The summed E-state index contributed by atoms with van der Waals surface area (Å²) in [5.41, 5.74) is 0. The lowest BCUT2D eigenvalue weighted by atomic mass is 10.0. The highest BCUT2D eigenvalue weighted by molar-refractivity contribution is 7.99. The van der Waals surface area contributed by atoms with E-state index < -0.39 is 0 Å². The number of hydrogen-bond acceptors (Lipinski definition) is 4. The van der Waals surface area contributed by atoms with E-state index in [1.807, 2.05) is 0 Å². The van der Waals surface area contributed by atoms with Gasteiger partial charge in [0.2, 0.25) is 0 Å². The van der Waals surface area contributed by atoms with Gasteiger partial charge in [-0.15, -0.1) is 0 Å². The van der Waals surface area contributed by atoms with Crippen LogP contribution < -0.4 is 0 Å². The first-order valence-corrected chi connectivity index (χ1v) is 22.5. The SMILES string of the molecule is CCCCC(CC)CSCCCCCCCCCCCN(CCO)CCCCCCCCCCCSCC(CC)CCCC. The largest absolute Gasteiger partial charge is 0.395 e. The van der Waals surface area contributed by atoms with Crippen LogP contribution in [0.1, 0.15) is 195 Å². The van der Waals surface area contributed by atoms with Crippen LogP contribution >= 0.6 is 23.5 Å². The fourth-order valence-electron chi connectivity index (χ4n) is 6.33. The summed E-state index contributed by atoms with van der Waals surface area (Å²) in [7, 11) is 0. The second-order valence-electron chi connectivity index (χ2n) is 13.9. The Morgan fingerprint density at radius 3 is 1.09 bits per heavy atom. The lowest BCUT2D eigenvalue weighted by Gasteiger charge is -2.21. The number of nitrogens with zero attached hydrogens (tertiary/aromatic N) is 1.